The first-order valence-electron chi connectivity index (χ1n) is 7.92. The lowest BCUT2D eigenvalue weighted by Crippen LogP contribution is -2.37. The van der Waals surface area contributed by atoms with Gasteiger partial charge in [-0.2, -0.15) is 4.98 Å². The van der Waals surface area contributed by atoms with Crippen molar-refractivity contribution < 1.29 is 19.2 Å². The number of amides is 1. The van der Waals surface area contributed by atoms with Crippen LogP contribution >= 0.6 is 0 Å². The molecule has 1 aromatic heterocycles. The summed E-state index contributed by atoms with van der Waals surface area (Å²) in [6.07, 6.45) is 4.20. The van der Waals surface area contributed by atoms with Gasteiger partial charge in [0, 0.05) is 38.3 Å². The Morgan fingerprint density at radius 3 is 2.68 bits per heavy atom. The smallest absolute Gasteiger partial charge is 0.303 e. The summed E-state index contributed by atoms with van der Waals surface area (Å²) < 4.78 is 5.31. The van der Waals surface area contributed by atoms with Crippen molar-refractivity contribution in [3.8, 4) is 0 Å². The van der Waals surface area contributed by atoms with Crippen LogP contribution in [0.5, 0.6) is 0 Å². The number of carboxylic acid groups (broad SMARTS) is 1. The van der Waals surface area contributed by atoms with Gasteiger partial charge in [-0.1, -0.05) is 12.1 Å². The van der Waals surface area contributed by atoms with Gasteiger partial charge in [0.1, 0.15) is 0 Å². The van der Waals surface area contributed by atoms with Crippen LogP contribution < -0.4 is 0 Å². The number of rotatable bonds is 7. The lowest BCUT2D eigenvalue weighted by molar-refractivity contribution is -0.137. The number of aromatic nitrogens is 2. The molecule has 0 saturated carbocycles. The molecule has 1 aliphatic heterocycles. The van der Waals surface area contributed by atoms with Gasteiger partial charge in [-0.05, 0) is 25.7 Å². The second-order valence-corrected chi connectivity index (χ2v) is 5.70. The van der Waals surface area contributed by atoms with E-state index in [0.29, 0.717) is 31.8 Å². The van der Waals surface area contributed by atoms with E-state index in [-0.39, 0.29) is 18.2 Å². The Hall–Kier alpha value is -1.92. The normalized spacial score (nSPS) is 16.0. The Labute approximate surface area is 129 Å². The van der Waals surface area contributed by atoms with Crippen molar-refractivity contribution in [2.45, 2.75) is 57.8 Å². The van der Waals surface area contributed by atoms with E-state index in [2.05, 4.69) is 17.1 Å². The Bertz CT molecular complexity index is 507. The fraction of sp³-hybridized carbons (Fsp3) is 0.733. The van der Waals surface area contributed by atoms with Crippen LogP contribution in [0.3, 0.4) is 0 Å². The van der Waals surface area contributed by atoms with Crippen LogP contribution in [0.15, 0.2) is 4.52 Å². The lowest BCUT2D eigenvalue weighted by Gasteiger charge is -2.30. The highest BCUT2D eigenvalue weighted by Gasteiger charge is 2.27. The molecule has 2 heterocycles. The standard InChI is InChI=1S/C15H23N3O4/c1-2-4-12-16-15(22-17-12)11-7-9-18(10-8-11)13(19)5-3-6-14(20)21/h11H,2-10H2,1H3,(H,20,21). The predicted octanol–water partition coefficient (Wildman–Crippen LogP) is 1.98. The maximum Gasteiger partial charge on any atom is 0.303 e. The maximum atomic E-state index is 12.0. The largest absolute Gasteiger partial charge is 0.481 e. The first kappa shape index (κ1) is 16.5. The van der Waals surface area contributed by atoms with E-state index >= 15 is 0 Å². The van der Waals surface area contributed by atoms with E-state index in [1.54, 1.807) is 0 Å². The molecular weight excluding hydrogens is 286 g/mol. The zero-order valence-corrected chi connectivity index (χ0v) is 13.0. The third kappa shape index (κ3) is 4.54. The van der Waals surface area contributed by atoms with Crippen molar-refractivity contribution in [2.75, 3.05) is 13.1 Å². The van der Waals surface area contributed by atoms with E-state index in [9.17, 15) is 9.59 Å². The average molecular weight is 309 g/mol. The third-order valence-electron chi connectivity index (χ3n) is 3.94. The second kappa shape index (κ2) is 7.91. The molecule has 0 aromatic carbocycles. The third-order valence-corrected chi connectivity index (χ3v) is 3.94. The summed E-state index contributed by atoms with van der Waals surface area (Å²) in [4.78, 5) is 28.7. The summed E-state index contributed by atoms with van der Waals surface area (Å²) in [7, 11) is 0. The fourth-order valence-corrected chi connectivity index (χ4v) is 2.68. The van der Waals surface area contributed by atoms with Gasteiger partial charge >= 0.3 is 5.97 Å². The first-order valence-corrected chi connectivity index (χ1v) is 7.92. The molecule has 22 heavy (non-hydrogen) atoms. The quantitative estimate of drug-likeness (QED) is 0.827. The van der Waals surface area contributed by atoms with Crippen LogP contribution in [0.25, 0.3) is 0 Å². The number of hydrogen-bond acceptors (Lipinski definition) is 5. The van der Waals surface area contributed by atoms with Crippen molar-refractivity contribution in [3.63, 3.8) is 0 Å². The number of piperidine rings is 1. The van der Waals surface area contributed by atoms with Crippen LogP contribution in [0.1, 0.15) is 63.1 Å². The van der Waals surface area contributed by atoms with Crippen LogP contribution in [-0.4, -0.2) is 45.1 Å². The molecule has 122 valence electrons. The van der Waals surface area contributed by atoms with Gasteiger partial charge in [-0.25, -0.2) is 0 Å². The highest BCUT2D eigenvalue weighted by atomic mass is 16.5. The summed E-state index contributed by atoms with van der Waals surface area (Å²) in [6.45, 7) is 3.41. The van der Waals surface area contributed by atoms with Gasteiger partial charge in [-0.15, -0.1) is 0 Å². The Balaban J connectivity index is 1.77. The van der Waals surface area contributed by atoms with E-state index in [4.69, 9.17) is 9.63 Å². The van der Waals surface area contributed by atoms with Crippen LogP contribution in [0.2, 0.25) is 0 Å². The predicted molar refractivity (Wildman–Crippen MR) is 78.3 cm³/mol. The summed E-state index contributed by atoms with van der Waals surface area (Å²) in [5.41, 5.74) is 0. The SMILES string of the molecule is CCCc1noc(C2CCN(C(=O)CCCC(=O)O)CC2)n1. The molecule has 1 amide bonds. The Morgan fingerprint density at radius 1 is 1.32 bits per heavy atom. The van der Waals surface area contributed by atoms with E-state index in [1.165, 1.54) is 0 Å². The number of likely N-dealkylation sites (tertiary alicyclic amines) is 1. The van der Waals surface area contributed by atoms with Crippen LogP contribution in [-0.2, 0) is 16.0 Å². The van der Waals surface area contributed by atoms with E-state index in [0.717, 1.165) is 31.5 Å². The molecule has 1 N–H and O–H groups in total. The molecule has 0 bridgehead atoms. The molecule has 1 saturated heterocycles. The minimum absolute atomic E-state index is 0.0388. The summed E-state index contributed by atoms with van der Waals surface area (Å²) >= 11 is 0. The van der Waals surface area contributed by atoms with Crippen molar-refractivity contribution >= 4 is 11.9 Å². The number of hydrogen-bond donors (Lipinski definition) is 1. The van der Waals surface area contributed by atoms with Gasteiger partial charge < -0.3 is 14.5 Å². The molecular formula is C15H23N3O4. The van der Waals surface area contributed by atoms with Crippen LogP contribution in [0, 0.1) is 0 Å². The summed E-state index contributed by atoms with van der Waals surface area (Å²) in [6, 6.07) is 0. The van der Waals surface area contributed by atoms with Gasteiger partial charge in [0.05, 0.1) is 0 Å². The van der Waals surface area contributed by atoms with E-state index < -0.39 is 5.97 Å². The topological polar surface area (TPSA) is 96.5 Å². The highest BCUT2D eigenvalue weighted by molar-refractivity contribution is 5.77. The number of aliphatic carboxylic acids is 1. The maximum absolute atomic E-state index is 12.0. The second-order valence-electron chi connectivity index (χ2n) is 5.70. The highest BCUT2D eigenvalue weighted by Crippen LogP contribution is 2.27. The average Bonchev–Trinajstić information content (AvgIpc) is 2.96. The number of aryl methyl sites for hydroxylation is 1. The molecule has 7 nitrogen and oxygen atoms in total. The van der Waals surface area contributed by atoms with Crippen molar-refractivity contribution in [1.29, 1.82) is 0 Å². The molecule has 7 heteroatoms. The molecule has 1 aliphatic rings. The summed E-state index contributed by atoms with van der Waals surface area (Å²) in [5.74, 6) is 0.843. The molecule has 1 aromatic rings. The molecule has 2 rings (SSSR count). The lowest BCUT2D eigenvalue weighted by atomic mass is 9.96. The van der Waals surface area contributed by atoms with Gasteiger partial charge in [0.2, 0.25) is 11.8 Å². The van der Waals surface area contributed by atoms with Crippen molar-refractivity contribution in [2.24, 2.45) is 0 Å². The molecule has 0 radical (unpaired) electrons. The molecule has 0 unspecified atom stereocenters. The van der Waals surface area contributed by atoms with Crippen molar-refractivity contribution in [3.05, 3.63) is 11.7 Å². The molecule has 0 aliphatic carbocycles. The van der Waals surface area contributed by atoms with Crippen LogP contribution in [0.4, 0.5) is 0 Å². The molecule has 1 fully saturated rings. The number of nitrogens with zero attached hydrogens (tertiary/aromatic N) is 3. The molecule has 0 atom stereocenters. The fourth-order valence-electron chi connectivity index (χ4n) is 2.68. The first-order chi connectivity index (χ1) is 10.6. The number of carboxylic acids is 1. The minimum Gasteiger partial charge on any atom is -0.481 e. The minimum atomic E-state index is -0.856. The zero-order chi connectivity index (χ0) is 15.9. The monoisotopic (exact) mass is 309 g/mol. The number of carbonyl (C=O) groups is 2. The van der Waals surface area contributed by atoms with Gasteiger partial charge in [-0.3, -0.25) is 9.59 Å². The Kier molecular flexibility index (Phi) is 5.91. The number of carbonyl (C=O) groups excluding carboxylic acids is 1. The molecule has 0 spiro atoms. The van der Waals surface area contributed by atoms with E-state index in [1.807, 2.05) is 4.90 Å². The van der Waals surface area contributed by atoms with Gasteiger partial charge in [0.15, 0.2) is 5.82 Å². The van der Waals surface area contributed by atoms with Gasteiger partial charge in [0.25, 0.3) is 0 Å². The van der Waals surface area contributed by atoms with Crippen molar-refractivity contribution in [1.82, 2.24) is 15.0 Å². The summed E-state index contributed by atoms with van der Waals surface area (Å²) in [5, 5.41) is 12.6. The Morgan fingerprint density at radius 2 is 2.05 bits per heavy atom. The zero-order valence-electron chi connectivity index (χ0n) is 13.0.